The monoisotopic (exact) mass is 358 g/mol. The molecule has 6 heteroatoms. The largest absolute Gasteiger partial charge is 0.461 e. The van der Waals surface area contributed by atoms with Gasteiger partial charge in [0.15, 0.2) is 0 Å². The van der Waals surface area contributed by atoms with Crippen molar-refractivity contribution < 1.29 is 18.0 Å². The zero-order valence-corrected chi connectivity index (χ0v) is 14.9. The zero-order chi connectivity index (χ0) is 18.8. The van der Waals surface area contributed by atoms with Gasteiger partial charge in [-0.05, 0) is 57.8 Å². The number of hydrogen-bond acceptors (Lipinski definition) is 3. The third-order valence-electron chi connectivity index (χ3n) is 4.24. The van der Waals surface area contributed by atoms with Crippen molar-refractivity contribution in [1.29, 1.82) is 0 Å². The van der Waals surface area contributed by atoms with E-state index in [-0.39, 0.29) is 5.56 Å². The SMILES string of the molecule is Cc1oc2ccc(NC(=O)c3ccc(F)cc3F)cc2c1CCN(C)C. The minimum Gasteiger partial charge on any atom is -0.461 e. The maximum atomic E-state index is 13.8. The van der Waals surface area contributed by atoms with Crippen LogP contribution in [0, 0.1) is 18.6 Å². The van der Waals surface area contributed by atoms with Gasteiger partial charge in [-0.15, -0.1) is 0 Å². The molecule has 1 aromatic heterocycles. The highest BCUT2D eigenvalue weighted by Gasteiger charge is 2.15. The quantitative estimate of drug-likeness (QED) is 0.736. The third-order valence-corrected chi connectivity index (χ3v) is 4.24. The Labute approximate surface area is 150 Å². The molecule has 3 aromatic rings. The number of anilines is 1. The molecular formula is C20H20F2N2O2. The van der Waals surface area contributed by atoms with Gasteiger partial charge in [0.2, 0.25) is 0 Å². The van der Waals surface area contributed by atoms with Crippen LogP contribution >= 0.6 is 0 Å². The van der Waals surface area contributed by atoms with Crippen LogP contribution < -0.4 is 5.32 Å². The Morgan fingerprint density at radius 3 is 2.62 bits per heavy atom. The van der Waals surface area contributed by atoms with Crippen molar-refractivity contribution in [2.24, 2.45) is 0 Å². The molecule has 0 bridgehead atoms. The van der Waals surface area contributed by atoms with E-state index in [2.05, 4.69) is 10.2 Å². The molecule has 0 radical (unpaired) electrons. The van der Waals surface area contributed by atoms with Crippen LogP contribution in [0.2, 0.25) is 0 Å². The molecule has 0 fully saturated rings. The normalized spacial score (nSPS) is 11.3. The molecule has 0 aliphatic heterocycles. The number of nitrogens with one attached hydrogen (secondary N) is 1. The van der Waals surface area contributed by atoms with E-state index in [1.165, 1.54) is 0 Å². The van der Waals surface area contributed by atoms with E-state index < -0.39 is 17.5 Å². The lowest BCUT2D eigenvalue weighted by Gasteiger charge is -2.09. The predicted octanol–water partition coefficient (Wildman–Crippen LogP) is 4.38. The zero-order valence-electron chi connectivity index (χ0n) is 14.9. The fourth-order valence-corrected chi connectivity index (χ4v) is 2.87. The molecule has 3 rings (SSSR count). The van der Waals surface area contributed by atoms with Crippen LogP contribution in [0.5, 0.6) is 0 Å². The second-order valence-corrected chi connectivity index (χ2v) is 6.48. The minimum atomic E-state index is -0.894. The van der Waals surface area contributed by atoms with Crippen molar-refractivity contribution in [1.82, 2.24) is 4.90 Å². The summed E-state index contributed by atoms with van der Waals surface area (Å²) >= 11 is 0. The summed E-state index contributed by atoms with van der Waals surface area (Å²) in [5.41, 5.74) is 2.14. The molecule has 136 valence electrons. The maximum absolute atomic E-state index is 13.8. The van der Waals surface area contributed by atoms with Crippen molar-refractivity contribution in [3.8, 4) is 0 Å². The summed E-state index contributed by atoms with van der Waals surface area (Å²) in [6.07, 6.45) is 0.815. The Morgan fingerprint density at radius 1 is 1.15 bits per heavy atom. The van der Waals surface area contributed by atoms with Crippen molar-refractivity contribution in [2.75, 3.05) is 26.0 Å². The molecule has 1 heterocycles. The van der Waals surface area contributed by atoms with E-state index in [4.69, 9.17) is 4.42 Å². The van der Waals surface area contributed by atoms with E-state index in [1.807, 2.05) is 27.1 Å². The standard InChI is InChI=1S/C20H20F2N2O2/c1-12-15(8-9-24(2)3)17-11-14(5-7-19(17)26-12)23-20(25)16-6-4-13(21)10-18(16)22/h4-7,10-11H,8-9H2,1-3H3,(H,23,25). The fraction of sp³-hybridized carbons (Fsp3) is 0.250. The number of carbonyl (C=O) groups is 1. The first-order valence-electron chi connectivity index (χ1n) is 8.28. The topological polar surface area (TPSA) is 45.5 Å². The Hall–Kier alpha value is -2.73. The number of carbonyl (C=O) groups excluding carboxylic acids is 1. The van der Waals surface area contributed by atoms with Gasteiger partial charge in [-0.25, -0.2) is 8.78 Å². The predicted molar refractivity (Wildman–Crippen MR) is 97.5 cm³/mol. The first-order chi connectivity index (χ1) is 12.3. The molecule has 0 unspecified atom stereocenters. The fourth-order valence-electron chi connectivity index (χ4n) is 2.87. The van der Waals surface area contributed by atoms with E-state index in [0.717, 1.165) is 47.4 Å². The van der Waals surface area contributed by atoms with Crippen LogP contribution in [0.4, 0.5) is 14.5 Å². The van der Waals surface area contributed by atoms with Crippen molar-refractivity contribution in [3.05, 3.63) is 64.9 Å². The van der Waals surface area contributed by atoms with Gasteiger partial charge in [-0.1, -0.05) is 0 Å². The van der Waals surface area contributed by atoms with Gasteiger partial charge >= 0.3 is 0 Å². The average Bonchev–Trinajstić information content (AvgIpc) is 2.87. The number of hydrogen-bond donors (Lipinski definition) is 1. The molecule has 0 aliphatic carbocycles. The van der Waals surface area contributed by atoms with Gasteiger partial charge in [-0.3, -0.25) is 4.79 Å². The summed E-state index contributed by atoms with van der Waals surface area (Å²) in [4.78, 5) is 14.4. The number of fused-ring (bicyclic) bond motifs is 1. The Morgan fingerprint density at radius 2 is 1.92 bits per heavy atom. The molecule has 26 heavy (non-hydrogen) atoms. The summed E-state index contributed by atoms with van der Waals surface area (Å²) in [7, 11) is 4.00. The van der Waals surface area contributed by atoms with Gasteiger partial charge in [-0.2, -0.15) is 0 Å². The summed E-state index contributed by atoms with van der Waals surface area (Å²) < 4.78 is 32.6. The van der Waals surface area contributed by atoms with Crippen LogP contribution in [0.25, 0.3) is 11.0 Å². The molecule has 1 amide bonds. The summed E-state index contributed by atoms with van der Waals surface area (Å²) in [5.74, 6) is -1.40. The lowest BCUT2D eigenvalue weighted by atomic mass is 10.1. The lowest BCUT2D eigenvalue weighted by molar-refractivity contribution is 0.102. The average molecular weight is 358 g/mol. The van der Waals surface area contributed by atoms with Crippen LogP contribution in [0.15, 0.2) is 40.8 Å². The summed E-state index contributed by atoms with van der Waals surface area (Å²) in [6.45, 7) is 2.78. The molecule has 4 nitrogen and oxygen atoms in total. The van der Waals surface area contributed by atoms with Crippen LogP contribution in [-0.4, -0.2) is 31.4 Å². The summed E-state index contributed by atoms with van der Waals surface area (Å²) in [6, 6.07) is 8.16. The molecule has 0 saturated heterocycles. The Balaban J connectivity index is 1.88. The molecular weight excluding hydrogens is 338 g/mol. The number of furan rings is 1. The Kier molecular flexibility index (Phi) is 5.04. The van der Waals surface area contributed by atoms with E-state index in [0.29, 0.717) is 11.8 Å². The van der Waals surface area contributed by atoms with Gasteiger partial charge in [0.25, 0.3) is 5.91 Å². The maximum Gasteiger partial charge on any atom is 0.258 e. The van der Waals surface area contributed by atoms with Crippen LogP contribution in [0.3, 0.4) is 0 Å². The number of halogens is 2. The van der Waals surface area contributed by atoms with E-state index in [9.17, 15) is 13.6 Å². The molecule has 1 N–H and O–H groups in total. The van der Waals surface area contributed by atoms with Crippen molar-refractivity contribution in [2.45, 2.75) is 13.3 Å². The molecule has 2 aromatic carbocycles. The number of rotatable bonds is 5. The minimum absolute atomic E-state index is 0.206. The Bertz CT molecular complexity index is 964. The number of aryl methyl sites for hydroxylation is 1. The number of likely N-dealkylation sites (N-methyl/N-ethyl adjacent to an activating group) is 1. The second kappa shape index (κ2) is 7.25. The smallest absolute Gasteiger partial charge is 0.258 e. The highest BCUT2D eigenvalue weighted by molar-refractivity contribution is 6.05. The molecule has 0 saturated carbocycles. The van der Waals surface area contributed by atoms with Gasteiger partial charge in [0.05, 0.1) is 5.56 Å². The highest BCUT2D eigenvalue weighted by atomic mass is 19.1. The van der Waals surface area contributed by atoms with Crippen molar-refractivity contribution in [3.63, 3.8) is 0 Å². The van der Waals surface area contributed by atoms with E-state index >= 15 is 0 Å². The van der Waals surface area contributed by atoms with E-state index in [1.54, 1.807) is 12.1 Å². The van der Waals surface area contributed by atoms with Gasteiger partial charge < -0.3 is 14.6 Å². The van der Waals surface area contributed by atoms with Gasteiger partial charge in [0, 0.05) is 29.2 Å². The van der Waals surface area contributed by atoms with Gasteiger partial charge in [0.1, 0.15) is 23.0 Å². The second-order valence-electron chi connectivity index (χ2n) is 6.48. The molecule has 0 aliphatic rings. The van der Waals surface area contributed by atoms with Crippen molar-refractivity contribution >= 4 is 22.6 Å². The number of benzene rings is 2. The van der Waals surface area contributed by atoms with Crippen LogP contribution in [-0.2, 0) is 6.42 Å². The molecule has 0 spiro atoms. The number of nitrogens with zero attached hydrogens (tertiary/aromatic N) is 1. The first kappa shape index (κ1) is 18.1. The highest BCUT2D eigenvalue weighted by Crippen LogP contribution is 2.29. The van der Waals surface area contributed by atoms with Crippen LogP contribution in [0.1, 0.15) is 21.7 Å². The first-order valence-corrected chi connectivity index (χ1v) is 8.28. The summed E-state index contributed by atoms with van der Waals surface area (Å²) in [5, 5.41) is 3.58. The number of amides is 1. The third kappa shape index (κ3) is 3.75. The lowest BCUT2D eigenvalue weighted by Crippen LogP contribution is -2.15. The molecule has 0 atom stereocenters.